The van der Waals surface area contributed by atoms with E-state index < -0.39 is 45.0 Å². The third-order valence-electron chi connectivity index (χ3n) is 25.3. The van der Waals surface area contributed by atoms with Crippen molar-refractivity contribution in [1.82, 2.24) is 9.97 Å². The van der Waals surface area contributed by atoms with Crippen LogP contribution >= 0.6 is 60.6 Å². The number of alkyl halides is 1. The van der Waals surface area contributed by atoms with E-state index in [1.165, 1.54) is 117 Å². The summed E-state index contributed by atoms with van der Waals surface area (Å²) < 4.78 is 57.6. The van der Waals surface area contributed by atoms with Crippen molar-refractivity contribution in [1.29, 1.82) is 0 Å². The topological polar surface area (TPSA) is 345 Å². The maximum Gasteiger partial charge on any atom is 2.00 e. The van der Waals surface area contributed by atoms with E-state index in [1.54, 1.807) is 13.0 Å². The Hall–Kier alpha value is -6.96. The number of benzene rings is 6. The van der Waals surface area contributed by atoms with Gasteiger partial charge in [-0.1, -0.05) is 166 Å². The van der Waals surface area contributed by atoms with E-state index in [1.807, 2.05) is 24.3 Å². The second kappa shape index (κ2) is 55.6. The molecule has 6 aliphatic rings. The van der Waals surface area contributed by atoms with E-state index in [0.717, 1.165) is 31.7 Å². The predicted molar refractivity (Wildman–Crippen MR) is 561 cm³/mol. The molecule has 735 valence electrons. The fraction of sp³-hybridized carbons (Fsp3) is 0.535. The summed E-state index contributed by atoms with van der Waals surface area (Å²) in [5, 5.41) is 52.0. The molecule has 0 spiro atoms. The Balaban J connectivity index is 0.00000148. The van der Waals surface area contributed by atoms with E-state index >= 15 is 0 Å². The first-order valence-corrected chi connectivity index (χ1v) is 48.3. The van der Waals surface area contributed by atoms with Gasteiger partial charge < -0.3 is 83.3 Å². The molecule has 0 amide bonds. The van der Waals surface area contributed by atoms with E-state index in [9.17, 15) is 24.1 Å². The van der Waals surface area contributed by atoms with Gasteiger partial charge in [0.05, 0.1) is 34.8 Å². The zero-order chi connectivity index (χ0) is 102. The summed E-state index contributed by atoms with van der Waals surface area (Å²) in [6, 6.07) is 41.1. The van der Waals surface area contributed by atoms with E-state index in [2.05, 4.69) is 393 Å². The van der Waals surface area contributed by atoms with Crippen molar-refractivity contribution in [3.8, 4) is 11.5 Å². The molecule has 1 saturated heterocycles. The van der Waals surface area contributed by atoms with Crippen molar-refractivity contribution < 1.29 is 75.5 Å². The molecule has 34 heteroatoms. The summed E-state index contributed by atoms with van der Waals surface area (Å²) in [5.41, 5.74) is 19.2. The third-order valence-corrected chi connectivity index (χ3v) is 27.0. The first-order chi connectivity index (χ1) is 61.0. The molecule has 5 unspecified atom stereocenters. The molecule has 8 N–H and O–H groups in total. The van der Waals surface area contributed by atoms with Crippen LogP contribution in [0.5, 0.6) is 11.5 Å². The smallest absolute Gasteiger partial charge is 1.00 e. The number of ether oxygens (including phenoxy) is 1. The van der Waals surface area contributed by atoms with Crippen molar-refractivity contribution >= 4 is 158 Å². The Morgan fingerprint density at radius 1 is 0.602 bits per heavy atom. The summed E-state index contributed by atoms with van der Waals surface area (Å²) in [6.07, 6.45) is 10.3. The second-order valence-corrected chi connectivity index (χ2v) is 40.9. The number of aliphatic hydroxyl groups is 1. The van der Waals surface area contributed by atoms with E-state index in [0.29, 0.717) is 71.5 Å². The number of nitrogens with one attached hydrogen (secondary N) is 2. The molecule has 5 atom stereocenters. The maximum atomic E-state index is 11.1. The van der Waals surface area contributed by atoms with Crippen molar-refractivity contribution in [3.63, 3.8) is 0 Å². The largest absolute Gasteiger partial charge is 2.00 e. The Morgan fingerprint density at radius 2 is 0.947 bits per heavy atom. The maximum absolute atomic E-state index is 11.1. The number of aliphatic hydroxyl groups excluding tert-OH is 1. The summed E-state index contributed by atoms with van der Waals surface area (Å²) >= 11 is 13.8. The number of nitro benzene ring substituents is 1. The zero-order valence-electron chi connectivity index (χ0n) is 84.5. The number of rotatable bonds is 8. The van der Waals surface area contributed by atoms with Crippen LogP contribution in [0.3, 0.4) is 0 Å². The van der Waals surface area contributed by atoms with Crippen molar-refractivity contribution in [2.75, 3.05) is 51.5 Å². The number of fused-ring (bicyclic) bond motifs is 9. The van der Waals surface area contributed by atoms with Crippen molar-refractivity contribution in [2.24, 2.45) is 4.30 Å². The van der Waals surface area contributed by atoms with Crippen LogP contribution in [0.15, 0.2) is 149 Å². The van der Waals surface area contributed by atoms with Gasteiger partial charge in [-0.2, -0.15) is 8.42 Å². The van der Waals surface area contributed by atoms with Crippen LogP contribution in [0.2, 0.25) is 0 Å². The van der Waals surface area contributed by atoms with Crippen LogP contribution in [0, 0.1) is 47.6 Å². The molecule has 15 rings (SSSR count). The number of unbranched alkanes of at least 4 members (excludes halogenated alkanes) is 1. The Morgan fingerprint density at radius 3 is 1.32 bits per heavy atom. The number of nitro groups is 1. The zero-order valence-corrected chi connectivity index (χ0v) is 93.0. The molecule has 0 bridgehead atoms. The molecule has 2 aromatic heterocycles. The van der Waals surface area contributed by atoms with Gasteiger partial charge in [0.15, 0.2) is 0 Å². The molecule has 0 aliphatic carbocycles. The van der Waals surface area contributed by atoms with Crippen molar-refractivity contribution in [2.45, 2.75) is 321 Å². The van der Waals surface area contributed by atoms with Gasteiger partial charge in [0.25, 0.3) is 21.6 Å². The minimum Gasteiger partial charge on any atom is -1.00 e. The average Bonchev–Trinajstić information content (AvgIpc) is 1.55. The number of thiol groups is 1. The number of aryl methyl sites for hydroxylation is 3. The van der Waals surface area contributed by atoms with E-state index in [4.69, 9.17) is 60.9 Å². The van der Waals surface area contributed by atoms with Gasteiger partial charge in [0.1, 0.15) is 0 Å². The number of aromatic amines is 2. The van der Waals surface area contributed by atoms with Gasteiger partial charge in [0.2, 0.25) is 11.5 Å². The summed E-state index contributed by atoms with van der Waals surface area (Å²) in [5.74, 6) is -1.65. The SMILES string of the molecule is C1CCOC1.CC(C)N1c2cc([N+](=O)[O-])c(Br)cc2C(C)(C)C1C.CC(C)N1c2ccc(Br)cc2C(C)(C)C1C.CC(C)N1c2ccccc2C(C)(C)C1C.CCCCO.Cc1c[nH]c2c(Br)cc3c(c12)N(C(C)C)C(C)C3(C)C.Cc1c[nH]c2ccc3c(c12)N(C(C)C)C(C)C3(C)C.Cc1ccccc1.O=S(=O)(O)O.O=[N+]([O-])O.O=c1c(O)c(O)c1=O.[2H]CF.[B]=NS.[Br-].[CH-]=CC.[Mg+2]. The van der Waals surface area contributed by atoms with Gasteiger partial charge in [-0.05, 0) is 257 Å². The van der Waals surface area contributed by atoms with Gasteiger partial charge in [0, 0.05) is 168 Å². The number of anilines is 5. The summed E-state index contributed by atoms with van der Waals surface area (Å²) in [6.45, 7) is 74.6. The molecule has 1 fully saturated rings. The fourth-order valence-corrected chi connectivity index (χ4v) is 18.7. The number of aromatic hydroxyl groups is 2. The molecular weight excluding hydrogens is 2010 g/mol. The molecule has 133 heavy (non-hydrogen) atoms. The van der Waals surface area contributed by atoms with Crippen LogP contribution in [0.25, 0.3) is 21.8 Å². The molecule has 8 heterocycles. The molecule has 7 aromatic carbocycles. The van der Waals surface area contributed by atoms with E-state index in [-0.39, 0.29) is 77.7 Å². The molecule has 6 aliphatic heterocycles. The number of hydrogen-bond donors (Lipinski definition) is 9. The average molecular weight is 2160 g/mol. The molecular formula is C99H147BBr4FMgN10O15S2. The van der Waals surface area contributed by atoms with Crippen LogP contribution < -0.4 is 52.3 Å². The number of halogens is 5. The second-order valence-electron chi connectivity index (χ2n) is 37.1. The predicted octanol–water partition coefficient (Wildman–Crippen LogP) is 21.3. The Labute approximate surface area is 851 Å². The number of nitrogens with zero attached hydrogens (tertiary/aromatic N) is 8. The first kappa shape index (κ1) is 124. The van der Waals surface area contributed by atoms with Gasteiger partial charge in [-0.3, -0.25) is 39.3 Å². The first-order valence-electron chi connectivity index (χ1n) is 44.8. The Kier molecular flexibility index (Phi) is 51.8. The summed E-state index contributed by atoms with van der Waals surface area (Å²) in [7, 11) is -1.33. The van der Waals surface area contributed by atoms with Gasteiger partial charge in [-0.25, -0.2) is 0 Å². The van der Waals surface area contributed by atoms with Crippen LogP contribution in [0.4, 0.5) is 38.5 Å². The molecule has 1 radical (unpaired) electrons. The normalized spacial score (nSPS) is 17.8. The minimum atomic E-state index is -4.67. The number of aromatic nitrogens is 2. The van der Waals surface area contributed by atoms with Gasteiger partial charge in [-0.15, -0.1) is 10.1 Å². The Bertz CT molecular complexity index is 5350. The van der Waals surface area contributed by atoms with Crippen LogP contribution in [-0.4, -0.2) is 176 Å². The fourth-order valence-electron chi connectivity index (χ4n) is 17.3. The number of hydrogen-bond acceptors (Lipinski definition) is 19. The monoisotopic (exact) mass is 2150 g/mol. The van der Waals surface area contributed by atoms with Crippen LogP contribution in [-0.2, 0) is 42.2 Å². The molecule has 25 nitrogen and oxygen atoms in total. The molecule has 9 aromatic rings. The number of para-hydroxylation sites is 1. The molecule has 0 saturated carbocycles. The minimum absolute atomic E-state index is 0. The summed E-state index contributed by atoms with van der Waals surface area (Å²) in [4.78, 5) is 58.4. The number of H-pyrrole nitrogens is 2. The van der Waals surface area contributed by atoms with Crippen molar-refractivity contribution in [3.05, 3.63) is 227 Å². The van der Waals surface area contributed by atoms with Crippen LogP contribution in [0.1, 0.15) is 259 Å². The standard InChI is InChI=1S/C17H23BrN2.C17H24N2.C14H19BrN2O2.C14H20BrN.C14H21N.C7H8.C4H2O4.C4H8O.C4H10O.C3H5.CH3F.BHNS.BrH.Mg.HNO3.H2O4S/c1-9(2)20-11(4)17(5,6)12-7-13(18)15-14(16(12)20)10(3)8-19-15;1-10(2)19-12(4)17(5,6)13-7-8-14-15(16(13)19)11(3)9-18-14;1-8(2)16-9(3)14(4,5)10-6-11(15)13(17(18)19)7-12(10)16;1-9(2)16-10(3)14(4,5)12-8-11(15)6-7-13(12)16;1-10(2)15-11(3)14(4,5)12-8-6-7-9-13(12)15;1-7-5-3-2-4-6-7;5-1-2(6)4(8)3(1)7;1-2-4-5-3-1;1-2-3-4-5;1-3-2;1-2;1-2-3;;;2-1(3)4;1-5(2,3)4/h7-9,11,19H,1-6H3;7-10,12,18H,1-6H3;6-9H,1-5H3;6-10H,1-5H3;6-11H,1-5H3;2-6H,1H3;5-6H;1-4H2;5H,2-4H2,1H3;1,3H,2H3;1H3;3H;1H;;(H,2,3,4);(H2,1,2,3,4)/q;;;;;;;;;-1;;;;+2;;/p-1/i;;;;;;;;;;1D;;;;;. The third kappa shape index (κ3) is 32.0. The quantitative estimate of drug-likeness (QED) is 0.0130. The number of allylic oxidation sites excluding steroid dienone is 1. The van der Waals surface area contributed by atoms with Gasteiger partial charge >= 0.3 is 58.2 Å².